The first kappa shape index (κ1) is 7.92. The normalized spacial score (nSPS) is 8.73. The molecule has 0 aliphatic carbocycles. The molecule has 2 nitrogen and oxygen atoms in total. The third-order valence-electron chi connectivity index (χ3n) is 1.16. The van der Waals surface area contributed by atoms with Crippen molar-refractivity contribution >= 4 is 17.4 Å². The van der Waals surface area contributed by atoms with Gasteiger partial charge in [-0.1, -0.05) is 12.6 Å². The van der Waals surface area contributed by atoms with E-state index in [0.29, 0.717) is 12.1 Å². The van der Waals surface area contributed by atoms with E-state index in [1.165, 1.54) is 6.08 Å². The van der Waals surface area contributed by atoms with E-state index in [9.17, 15) is 4.79 Å². The van der Waals surface area contributed by atoms with Crippen LogP contribution < -0.4 is 0 Å². The van der Waals surface area contributed by atoms with Crippen molar-refractivity contribution in [1.82, 2.24) is 0 Å². The zero-order valence-corrected chi connectivity index (χ0v) is 6.73. The summed E-state index contributed by atoms with van der Waals surface area (Å²) in [5.74, 6) is 0. The smallest absolute Gasteiger partial charge is 0.211 e. The molecule has 3 heteroatoms. The topological polar surface area (TPSA) is 29.4 Å². The maximum absolute atomic E-state index is 9.79. The number of carbonyl (C=O) groups excluding carboxylic acids is 1. The fourth-order valence-electron chi connectivity index (χ4n) is 0.718. The molecule has 1 heterocycles. The van der Waals surface area contributed by atoms with Gasteiger partial charge in [0.05, 0.1) is 5.70 Å². The first-order chi connectivity index (χ1) is 5.33. The van der Waals surface area contributed by atoms with Crippen LogP contribution in [0.5, 0.6) is 0 Å². The van der Waals surface area contributed by atoms with Crippen LogP contribution in [-0.4, -0.2) is 6.08 Å². The predicted octanol–water partition coefficient (Wildman–Crippen LogP) is 2.14. The molecule has 0 aliphatic rings. The molecule has 0 atom stereocenters. The summed E-state index contributed by atoms with van der Waals surface area (Å²) >= 11 is 1.63. The molecule has 0 bridgehead atoms. The number of isocyanates is 1. The highest BCUT2D eigenvalue weighted by molar-refractivity contribution is 7.09. The highest BCUT2D eigenvalue weighted by Crippen LogP contribution is 2.12. The van der Waals surface area contributed by atoms with Crippen LogP contribution in [0.2, 0.25) is 0 Å². The number of aliphatic imine (C=N–C) groups is 1. The number of allylic oxidation sites excluding steroid dienone is 1. The molecule has 0 N–H and O–H groups in total. The Balaban J connectivity index is 2.57. The lowest BCUT2D eigenvalue weighted by Crippen LogP contribution is -1.80. The van der Waals surface area contributed by atoms with Gasteiger partial charge in [-0.2, -0.15) is 4.99 Å². The van der Waals surface area contributed by atoms with E-state index in [2.05, 4.69) is 11.6 Å². The highest BCUT2D eigenvalue weighted by atomic mass is 32.1. The standard InChI is InChI=1S/C8H7NOS/c1-7(9-6-10)5-8-3-2-4-11-8/h2-4H,1,5H2. The number of rotatable bonds is 3. The van der Waals surface area contributed by atoms with E-state index in [1.54, 1.807) is 11.3 Å². The molecule has 0 aliphatic heterocycles. The second-order valence-electron chi connectivity index (χ2n) is 2.03. The van der Waals surface area contributed by atoms with Gasteiger partial charge >= 0.3 is 0 Å². The molecule has 0 aromatic carbocycles. The van der Waals surface area contributed by atoms with E-state index < -0.39 is 0 Å². The SMILES string of the molecule is C=C(Cc1cccs1)N=C=O. The number of hydrogen-bond donors (Lipinski definition) is 0. The molecule has 0 radical (unpaired) electrons. The zero-order valence-electron chi connectivity index (χ0n) is 5.91. The number of nitrogens with zero attached hydrogens (tertiary/aromatic N) is 1. The van der Waals surface area contributed by atoms with E-state index in [4.69, 9.17) is 0 Å². The van der Waals surface area contributed by atoms with Crippen LogP contribution in [0.25, 0.3) is 0 Å². The van der Waals surface area contributed by atoms with Crippen LogP contribution in [0.1, 0.15) is 4.88 Å². The minimum atomic E-state index is 0.558. The van der Waals surface area contributed by atoms with Gasteiger partial charge in [-0.25, -0.2) is 4.79 Å². The molecule has 0 spiro atoms. The summed E-state index contributed by atoms with van der Waals surface area (Å²) in [5, 5.41) is 1.98. The van der Waals surface area contributed by atoms with Crippen molar-refractivity contribution < 1.29 is 4.79 Å². The summed E-state index contributed by atoms with van der Waals surface area (Å²) in [7, 11) is 0. The second kappa shape index (κ2) is 3.86. The Morgan fingerprint density at radius 1 is 1.82 bits per heavy atom. The highest BCUT2D eigenvalue weighted by Gasteiger charge is 1.95. The van der Waals surface area contributed by atoms with Crippen molar-refractivity contribution in [3.05, 3.63) is 34.7 Å². The van der Waals surface area contributed by atoms with Crippen LogP contribution >= 0.6 is 11.3 Å². The Bertz CT molecular complexity index is 283. The zero-order chi connectivity index (χ0) is 8.10. The maximum atomic E-state index is 9.79. The summed E-state index contributed by atoms with van der Waals surface area (Å²) in [6.07, 6.45) is 2.11. The summed E-state index contributed by atoms with van der Waals surface area (Å²) in [5.41, 5.74) is 0.558. The minimum absolute atomic E-state index is 0.558. The van der Waals surface area contributed by atoms with Gasteiger partial charge in [0.2, 0.25) is 6.08 Å². The van der Waals surface area contributed by atoms with Crippen molar-refractivity contribution in [2.45, 2.75) is 6.42 Å². The van der Waals surface area contributed by atoms with Gasteiger partial charge in [-0.15, -0.1) is 11.3 Å². The molecule has 0 saturated carbocycles. The Kier molecular flexibility index (Phi) is 2.78. The average molecular weight is 165 g/mol. The number of thiophene rings is 1. The van der Waals surface area contributed by atoms with Gasteiger partial charge in [0.25, 0.3) is 0 Å². The van der Waals surface area contributed by atoms with Crippen LogP contribution in [0.15, 0.2) is 34.8 Å². The quantitative estimate of drug-likeness (QED) is 0.498. The van der Waals surface area contributed by atoms with Crippen LogP contribution in [0.3, 0.4) is 0 Å². The molecule has 0 saturated heterocycles. The molecule has 0 unspecified atom stereocenters. The second-order valence-corrected chi connectivity index (χ2v) is 3.06. The molecule has 56 valence electrons. The summed E-state index contributed by atoms with van der Waals surface area (Å²) in [6, 6.07) is 3.94. The molecular formula is C8H7NOS. The molecule has 0 fully saturated rings. The lowest BCUT2D eigenvalue weighted by Gasteiger charge is -1.91. The molecule has 0 amide bonds. The first-order valence-electron chi connectivity index (χ1n) is 3.11. The predicted molar refractivity (Wildman–Crippen MR) is 45.3 cm³/mol. The van der Waals surface area contributed by atoms with Gasteiger partial charge in [0.1, 0.15) is 0 Å². The lowest BCUT2D eigenvalue weighted by molar-refractivity contribution is 0.564. The molecule has 1 aromatic heterocycles. The summed E-state index contributed by atoms with van der Waals surface area (Å²) in [4.78, 5) is 14.4. The number of hydrogen-bond acceptors (Lipinski definition) is 3. The summed E-state index contributed by atoms with van der Waals surface area (Å²) in [6.45, 7) is 3.60. The average Bonchev–Trinajstić information content (AvgIpc) is 2.40. The Hall–Kier alpha value is -1.18. The van der Waals surface area contributed by atoms with Crippen molar-refractivity contribution in [3.8, 4) is 0 Å². The van der Waals surface area contributed by atoms with E-state index in [-0.39, 0.29) is 0 Å². The van der Waals surface area contributed by atoms with Gasteiger partial charge in [-0.05, 0) is 11.4 Å². The Morgan fingerprint density at radius 2 is 2.64 bits per heavy atom. The van der Waals surface area contributed by atoms with Gasteiger partial charge in [-0.3, -0.25) is 0 Å². The van der Waals surface area contributed by atoms with Gasteiger partial charge < -0.3 is 0 Å². The Labute approximate surface area is 68.9 Å². The van der Waals surface area contributed by atoms with Crippen molar-refractivity contribution in [1.29, 1.82) is 0 Å². The van der Waals surface area contributed by atoms with Crippen molar-refractivity contribution in [3.63, 3.8) is 0 Å². The van der Waals surface area contributed by atoms with Gasteiger partial charge in [0, 0.05) is 11.3 Å². The maximum Gasteiger partial charge on any atom is 0.240 e. The lowest BCUT2D eigenvalue weighted by atomic mass is 10.3. The molecule has 1 aromatic rings. The van der Waals surface area contributed by atoms with Crippen molar-refractivity contribution in [2.75, 3.05) is 0 Å². The van der Waals surface area contributed by atoms with E-state index in [0.717, 1.165) is 4.88 Å². The minimum Gasteiger partial charge on any atom is -0.211 e. The van der Waals surface area contributed by atoms with E-state index >= 15 is 0 Å². The molecule has 1 rings (SSSR count). The van der Waals surface area contributed by atoms with Crippen LogP contribution in [0, 0.1) is 0 Å². The summed E-state index contributed by atoms with van der Waals surface area (Å²) < 4.78 is 0. The fraction of sp³-hybridized carbons (Fsp3) is 0.125. The third-order valence-corrected chi connectivity index (χ3v) is 2.04. The van der Waals surface area contributed by atoms with Gasteiger partial charge in [0.15, 0.2) is 0 Å². The van der Waals surface area contributed by atoms with Crippen molar-refractivity contribution in [2.24, 2.45) is 4.99 Å². The van der Waals surface area contributed by atoms with E-state index in [1.807, 2.05) is 17.5 Å². The first-order valence-corrected chi connectivity index (χ1v) is 3.99. The monoisotopic (exact) mass is 165 g/mol. The largest absolute Gasteiger partial charge is 0.240 e. The van der Waals surface area contributed by atoms with Crippen LogP contribution in [-0.2, 0) is 11.2 Å². The fourth-order valence-corrected chi connectivity index (χ4v) is 1.46. The van der Waals surface area contributed by atoms with Crippen LogP contribution in [0.4, 0.5) is 0 Å². The third kappa shape index (κ3) is 2.50. The molecule has 11 heavy (non-hydrogen) atoms. The molecular weight excluding hydrogens is 158 g/mol. The Morgan fingerprint density at radius 3 is 3.18 bits per heavy atom.